The van der Waals surface area contributed by atoms with Crippen molar-refractivity contribution in [1.29, 1.82) is 0 Å². The SMILES string of the molecule is O=C(O)CNC(=O)CCc1ccc(Br)cc1. The third-order valence-electron chi connectivity index (χ3n) is 1.99. The van der Waals surface area contributed by atoms with Crippen LogP contribution in [-0.2, 0) is 16.0 Å². The molecule has 86 valence electrons. The number of carboxylic acid groups (broad SMARTS) is 1. The van der Waals surface area contributed by atoms with Gasteiger partial charge in [-0.1, -0.05) is 28.1 Å². The number of benzene rings is 1. The fraction of sp³-hybridized carbons (Fsp3) is 0.273. The standard InChI is InChI=1S/C11H12BrNO3/c12-9-4-1-8(2-5-9)3-6-10(14)13-7-11(15)16/h1-2,4-5H,3,6-7H2,(H,13,14)(H,15,16). The Labute approximate surface area is 102 Å². The molecule has 16 heavy (non-hydrogen) atoms. The Morgan fingerprint density at radius 3 is 2.44 bits per heavy atom. The first-order chi connectivity index (χ1) is 7.58. The summed E-state index contributed by atoms with van der Waals surface area (Å²) >= 11 is 3.32. The number of carboxylic acids is 1. The van der Waals surface area contributed by atoms with E-state index in [9.17, 15) is 9.59 Å². The number of aryl methyl sites for hydroxylation is 1. The first-order valence-electron chi connectivity index (χ1n) is 4.81. The van der Waals surface area contributed by atoms with E-state index in [1.54, 1.807) is 0 Å². The fourth-order valence-corrected chi connectivity index (χ4v) is 1.44. The van der Waals surface area contributed by atoms with Gasteiger partial charge < -0.3 is 10.4 Å². The summed E-state index contributed by atoms with van der Waals surface area (Å²) in [5, 5.41) is 10.7. The second-order valence-electron chi connectivity index (χ2n) is 3.30. The number of hydrogen-bond acceptors (Lipinski definition) is 2. The van der Waals surface area contributed by atoms with Crippen molar-refractivity contribution < 1.29 is 14.7 Å². The molecule has 1 aromatic rings. The number of halogens is 1. The number of hydrogen-bond donors (Lipinski definition) is 2. The minimum Gasteiger partial charge on any atom is -0.480 e. The van der Waals surface area contributed by atoms with Gasteiger partial charge in [-0.2, -0.15) is 0 Å². The average Bonchev–Trinajstić information content (AvgIpc) is 2.25. The smallest absolute Gasteiger partial charge is 0.322 e. The molecule has 0 atom stereocenters. The molecular formula is C11H12BrNO3. The van der Waals surface area contributed by atoms with Gasteiger partial charge in [-0.3, -0.25) is 9.59 Å². The van der Waals surface area contributed by atoms with Crippen molar-refractivity contribution in [3.8, 4) is 0 Å². The van der Waals surface area contributed by atoms with Crippen LogP contribution in [0.25, 0.3) is 0 Å². The van der Waals surface area contributed by atoms with E-state index in [4.69, 9.17) is 5.11 Å². The van der Waals surface area contributed by atoms with Crippen LogP contribution in [0.1, 0.15) is 12.0 Å². The maximum absolute atomic E-state index is 11.2. The normalized spacial score (nSPS) is 9.81. The molecule has 0 aromatic heterocycles. The first kappa shape index (κ1) is 12.7. The van der Waals surface area contributed by atoms with E-state index in [1.807, 2.05) is 24.3 Å². The van der Waals surface area contributed by atoms with Crippen LogP contribution >= 0.6 is 15.9 Å². The van der Waals surface area contributed by atoms with Crippen molar-refractivity contribution in [1.82, 2.24) is 5.32 Å². The Hall–Kier alpha value is -1.36. The van der Waals surface area contributed by atoms with Crippen LogP contribution in [0.15, 0.2) is 28.7 Å². The zero-order valence-corrected chi connectivity index (χ0v) is 10.2. The van der Waals surface area contributed by atoms with Gasteiger partial charge >= 0.3 is 5.97 Å². The predicted molar refractivity (Wildman–Crippen MR) is 63.1 cm³/mol. The Bertz CT molecular complexity index is 375. The lowest BCUT2D eigenvalue weighted by Crippen LogP contribution is -2.29. The number of amides is 1. The Kier molecular flexibility index (Phi) is 4.98. The summed E-state index contributed by atoms with van der Waals surface area (Å²) in [6.07, 6.45) is 0.910. The molecule has 4 nitrogen and oxygen atoms in total. The van der Waals surface area contributed by atoms with Gasteiger partial charge in [0.1, 0.15) is 6.54 Å². The highest BCUT2D eigenvalue weighted by Gasteiger charge is 2.04. The molecule has 0 aliphatic heterocycles. The molecule has 0 aliphatic carbocycles. The van der Waals surface area contributed by atoms with Crippen LogP contribution in [0.2, 0.25) is 0 Å². The number of carbonyl (C=O) groups excluding carboxylic acids is 1. The Morgan fingerprint density at radius 2 is 1.88 bits per heavy atom. The van der Waals surface area contributed by atoms with Gasteiger partial charge in [-0.15, -0.1) is 0 Å². The zero-order chi connectivity index (χ0) is 12.0. The van der Waals surface area contributed by atoms with Crippen LogP contribution in [0, 0.1) is 0 Å². The summed E-state index contributed by atoms with van der Waals surface area (Å²) in [6.45, 7) is -0.320. The minimum atomic E-state index is -1.03. The highest BCUT2D eigenvalue weighted by Crippen LogP contribution is 2.11. The molecule has 1 amide bonds. The van der Waals surface area contributed by atoms with Crippen molar-refractivity contribution in [3.63, 3.8) is 0 Å². The second-order valence-corrected chi connectivity index (χ2v) is 4.21. The van der Waals surface area contributed by atoms with Gasteiger partial charge in [0.25, 0.3) is 0 Å². The number of nitrogens with one attached hydrogen (secondary N) is 1. The summed E-state index contributed by atoms with van der Waals surface area (Å²) in [5.41, 5.74) is 1.05. The molecule has 0 saturated heterocycles. The van der Waals surface area contributed by atoms with E-state index in [2.05, 4.69) is 21.2 Å². The lowest BCUT2D eigenvalue weighted by atomic mass is 10.1. The van der Waals surface area contributed by atoms with Gasteiger partial charge in [0, 0.05) is 10.9 Å². The van der Waals surface area contributed by atoms with Crippen LogP contribution in [0.4, 0.5) is 0 Å². The topological polar surface area (TPSA) is 66.4 Å². The minimum absolute atomic E-state index is 0.245. The molecule has 0 bridgehead atoms. The monoisotopic (exact) mass is 285 g/mol. The maximum atomic E-state index is 11.2. The lowest BCUT2D eigenvalue weighted by molar-refractivity contribution is -0.137. The molecule has 0 spiro atoms. The summed E-state index contributed by atoms with van der Waals surface area (Å²) in [5.74, 6) is -1.28. The van der Waals surface area contributed by atoms with Crippen molar-refractivity contribution >= 4 is 27.8 Å². The van der Waals surface area contributed by atoms with Gasteiger partial charge in [-0.25, -0.2) is 0 Å². The van der Waals surface area contributed by atoms with Gasteiger partial charge in [0.2, 0.25) is 5.91 Å². The molecule has 0 fully saturated rings. The van der Waals surface area contributed by atoms with E-state index >= 15 is 0 Å². The highest BCUT2D eigenvalue weighted by atomic mass is 79.9. The number of rotatable bonds is 5. The van der Waals surface area contributed by atoms with E-state index < -0.39 is 5.97 Å². The second kappa shape index (κ2) is 6.27. The zero-order valence-electron chi connectivity index (χ0n) is 8.57. The van der Waals surface area contributed by atoms with Crippen molar-refractivity contribution in [2.24, 2.45) is 0 Å². The van der Waals surface area contributed by atoms with Crippen LogP contribution in [0.5, 0.6) is 0 Å². The predicted octanol–water partition coefficient (Wildman–Crippen LogP) is 1.58. The van der Waals surface area contributed by atoms with Crippen molar-refractivity contribution in [3.05, 3.63) is 34.3 Å². The first-order valence-corrected chi connectivity index (χ1v) is 5.60. The molecule has 0 unspecified atom stereocenters. The van der Waals surface area contributed by atoms with Crippen LogP contribution in [0.3, 0.4) is 0 Å². The third-order valence-corrected chi connectivity index (χ3v) is 2.52. The van der Waals surface area contributed by atoms with Crippen molar-refractivity contribution in [2.75, 3.05) is 6.54 Å². The van der Waals surface area contributed by atoms with Crippen molar-refractivity contribution in [2.45, 2.75) is 12.8 Å². The lowest BCUT2D eigenvalue weighted by Gasteiger charge is -2.02. The third kappa shape index (κ3) is 4.93. The molecule has 2 N–H and O–H groups in total. The molecular weight excluding hydrogens is 274 g/mol. The molecule has 1 rings (SSSR count). The Morgan fingerprint density at radius 1 is 1.25 bits per heavy atom. The summed E-state index contributed by atoms with van der Waals surface area (Å²) in [6, 6.07) is 7.66. The summed E-state index contributed by atoms with van der Waals surface area (Å²) in [7, 11) is 0. The maximum Gasteiger partial charge on any atom is 0.322 e. The van der Waals surface area contributed by atoms with Crippen LogP contribution < -0.4 is 5.32 Å². The fourth-order valence-electron chi connectivity index (χ4n) is 1.17. The molecule has 1 aromatic carbocycles. The van der Waals surface area contributed by atoms with Gasteiger partial charge in [-0.05, 0) is 24.1 Å². The number of carbonyl (C=O) groups is 2. The molecule has 0 radical (unpaired) electrons. The van der Waals surface area contributed by atoms with Gasteiger partial charge in [0.15, 0.2) is 0 Å². The quantitative estimate of drug-likeness (QED) is 0.863. The largest absolute Gasteiger partial charge is 0.480 e. The van der Waals surface area contributed by atoms with E-state index in [-0.39, 0.29) is 12.5 Å². The molecule has 0 saturated carbocycles. The van der Waals surface area contributed by atoms with Gasteiger partial charge in [0.05, 0.1) is 0 Å². The molecule has 0 heterocycles. The van der Waals surface area contributed by atoms with E-state index in [1.165, 1.54) is 0 Å². The van der Waals surface area contributed by atoms with E-state index in [0.29, 0.717) is 12.8 Å². The summed E-state index contributed by atoms with van der Waals surface area (Å²) in [4.78, 5) is 21.4. The highest BCUT2D eigenvalue weighted by molar-refractivity contribution is 9.10. The van der Waals surface area contributed by atoms with Crippen LogP contribution in [-0.4, -0.2) is 23.5 Å². The molecule has 0 aliphatic rings. The van der Waals surface area contributed by atoms with E-state index in [0.717, 1.165) is 10.0 Å². The summed E-state index contributed by atoms with van der Waals surface area (Å²) < 4.78 is 0.992. The molecule has 5 heteroatoms. The number of aliphatic carboxylic acids is 1. The average molecular weight is 286 g/mol. The Balaban J connectivity index is 2.31.